The van der Waals surface area contributed by atoms with Gasteiger partial charge in [-0.25, -0.2) is 8.78 Å². The summed E-state index contributed by atoms with van der Waals surface area (Å²) < 4.78 is 32.3. The van der Waals surface area contributed by atoms with Crippen molar-refractivity contribution >= 4 is 5.91 Å². The molecule has 4 rings (SSSR count). The summed E-state index contributed by atoms with van der Waals surface area (Å²) in [5.41, 5.74) is 2.33. The van der Waals surface area contributed by atoms with Crippen LogP contribution in [0.2, 0.25) is 0 Å². The fraction of sp³-hybridized carbons (Fsp3) is 0.261. The molecule has 1 N–H and O–H groups in total. The second-order valence-corrected chi connectivity index (χ2v) is 7.42. The van der Waals surface area contributed by atoms with Gasteiger partial charge in [0.25, 0.3) is 5.91 Å². The molecule has 6 heteroatoms. The van der Waals surface area contributed by atoms with Gasteiger partial charge < -0.3 is 9.73 Å². The molecular weight excluding hydrogens is 374 g/mol. The van der Waals surface area contributed by atoms with Crippen LogP contribution in [-0.2, 0) is 19.6 Å². The molecule has 29 heavy (non-hydrogen) atoms. The number of rotatable bonds is 8. The highest BCUT2D eigenvalue weighted by Gasteiger charge is 2.23. The number of carbonyl (C=O) groups is 1. The first kappa shape index (κ1) is 19.3. The summed E-state index contributed by atoms with van der Waals surface area (Å²) in [4.78, 5) is 14.2. The third-order valence-corrected chi connectivity index (χ3v) is 4.88. The third kappa shape index (κ3) is 5.29. The number of halogens is 2. The van der Waals surface area contributed by atoms with E-state index in [1.54, 1.807) is 12.3 Å². The molecule has 0 spiro atoms. The summed E-state index contributed by atoms with van der Waals surface area (Å²) >= 11 is 0. The molecule has 4 nitrogen and oxygen atoms in total. The molecule has 1 aliphatic rings. The van der Waals surface area contributed by atoms with Crippen LogP contribution in [0, 0.1) is 11.6 Å². The highest BCUT2D eigenvalue weighted by molar-refractivity contribution is 5.94. The summed E-state index contributed by atoms with van der Waals surface area (Å²) in [6.07, 6.45) is 3.71. The smallest absolute Gasteiger partial charge is 0.251 e. The van der Waals surface area contributed by atoms with Crippen molar-refractivity contribution in [2.24, 2.45) is 0 Å². The average Bonchev–Trinajstić information content (AvgIpc) is 3.37. The molecule has 0 saturated heterocycles. The predicted octanol–water partition coefficient (Wildman–Crippen LogP) is 4.65. The first-order valence-electron chi connectivity index (χ1n) is 9.65. The van der Waals surface area contributed by atoms with Gasteiger partial charge in [0.1, 0.15) is 5.76 Å². The monoisotopic (exact) mass is 396 g/mol. The van der Waals surface area contributed by atoms with Crippen LogP contribution in [-0.4, -0.2) is 16.8 Å². The molecule has 0 unspecified atom stereocenters. The van der Waals surface area contributed by atoms with Crippen molar-refractivity contribution in [1.29, 1.82) is 0 Å². The Morgan fingerprint density at radius 1 is 0.966 bits per heavy atom. The van der Waals surface area contributed by atoms with Crippen molar-refractivity contribution in [2.45, 2.75) is 38.5 Å². The Labute approximate surface area is 168 Å². The number of carbonyl (C=O) groups excluding carboxylic acids is 1. The second kappa shape index (κ2) is 8.57. The molecule has 0 bridgehead atoms. The van der Waals surface area contributed by atoms with Gasteiger partial charge in [-0.05, 0) is 60.4 Å². The quantitative estimate of drug-likeness (QED) is 0.603. The van der Waals surface area contributed by atoms with Gasteiger partial charge in [0.15, 0.2) is 11.6 Å². The van der Waals surface area contributed by atoms with Gasteiger partial charge in [-0.1, -0.05) is 18.2 Å². The Hall–Kier alpha value is -2.99. The topological polar surface area (TPSA) is 45.5 Å². The molecule has 0 atom stereocenters. The Bertz CT molecular complexity index is 967. The van der Waals surface area contributed by atoms with Crippen LogP contribution in [0.5, 0.6) is 0 Å². The van der Waals surface area contributed by atoms with Gasteiger partial charge in [0, 0.05) is 24.7 Å². The lowest BCUT2D eigenvalue weighted by Crippen LogP contribution is -2.25. The van der Waals surface area contributed by atoms with E-state index in [-0.39, 0.29) is 5.91 Å². The molecule has 1 aromatic heterocycles. The lowest BCUT2D eigenvalue weighted by Gasteiger charge is -2.22. The van der Waals surface area contributed by atoms with Crippen molar-refractivity contribution < 1.29 is 18.0 Å². The molecule has 150 valence electrons. The number of furan rings is 1. The number of hydrogen-bond acceptors (Lipinski definition) is 3. The lowest BCUT2D eigenvalue weighted by atomic mass is 10.1. The summed E-state index contributed by atoms with van der Waals surface area (Å²) in [5, 5.41) is 2.97. The van der Waals surface area contributed by atoms with Crippen molar-refractivity contribution in [3.8, 4) is 0 Å². The van der Waals surface area contributed by atoms with Crippen LogP contribution < -0.4 is 5.32 Å². The maximum atomic E-state index is 13.6. The number of nitrogens with zero attached hydrogens (tertiary/aromatic N) is 1. The zero-order valence-corrected chi connectivity index (χ0v) is 15.9. The Balaban J connectivity index is 1.46. The first-order chi connectivity index (χ1) is 14.1. The molecule has 1 fully saturated rings. The van der Waals surface area contributed by atoms with Gasteiger partial charge in [-0.2, -0.15) is 0 Å². The van der Waals surface area contributed by atoms with E-state index in [1.807, 2.05) is 36.4 Å². The van der Waals surface area contributed by atoms with Crippen molar-refractivity contribution in [2.75, 3.05) is 0 Å². The largest absolute Gasteiger partial charge is 0.468 e. The van der Waals surface area contributed by atoms with E-state index in [9.17, 15) is 13.6 Å². The van der Waals surface area contributed by atoms with E-state index in [0.29, 0.717) is 36.8 Å². The van der Waals surface area contributed by atoms with Crippen molar-refractivity contribution in [1.82, 2.24) is 10.2 Å². The molecule has 1 aliphatic carbocycles. The minimum atomic E-state index is -0.855. The van der Waals surface area contributed by atoms with E-state index >= 15 is 0 Å². The highest BCUT2D eigenvalue weighted by atomic mass is 19.2. The zero-order chi connectivity index (χ0) is 20.2. The van der Waals surface area contributed by atoms with Gasteiger partial charge >= 0.3 is 0 Å². The summed E-state index contributed by atoms with van der Waals surface area (Å²) in [6.45, 7) is 1.53. The average molecular weight is 396 g/mol. The number of hydrogen-bond donors (Lipinski definition) is 1. The number of nitrogens with one attached hydrogen (secondary N) is 1. The highest BCUT2D eigenvalue weighted by Crippen LogP contribution is 2.20. The van der Waals surface area contributed by atoms with Crippen LogP contribution in [0.15, 0.2) is 65.3 Å². The Morgan fingerprint density at radius 2 is 1.69 bits per heavy atom. The van der Waals surface area contributed by atoms with E-state index in [2.05, 4.69) is 10.2 Å². The van der Waals surface area contributed by atoms with Crippen LogP contribution in [0.1, 0.15) is 40.1 Å². The first-order valence-corrected chi connectivity index (χ1v) is 9.65. The molecule has 1 heterocycles. The number of amides is 1. The second-order valence-electron chi connectivity index (χ2n) is 7.42. The Morgan fingerprint density at radius 3 is 2.34 bits per heavy atom. The fourth-order valence-corrected chi connectivity index (χ4v) is 3.20. The van der Waals surface area contributed by atoms with Gasteiger partial charge in [-0.15, -0.1) is 0 Å². The molecule has 1 amide bonds. The van der Waals surface area contributed by atoms with Gasteiger partial charge in [0.2, 0.25) is 0 Å². The van der Waals surface area contributed by atoms with Crippen molar-refractivity contribution in [3.63, 3.8) is 0 Å². The van der Waals surface area contributed by atoms with Crippen LogP contribution in [0.25, 0.3) is 0 Å². The fourth-order valence-electron chi connectivity index (χ4n) is 3.20. The standard InChI is InChI=1S/C23H22F2N2O2/c24-21-10-5-17(12-22(21)25)14-27(15-20-2-1-11-29-20)13-16-3-6-18(7-4-16)23(28)26-19-8-9-19/h1-7,10-12,19H,8-9,13-15H2,(H,26,28). The minimum absolute atomic E-state index is 0.0479. The Kier molecular flexibility index (Phi) is 5.71. The molecule has 2 aromatic carbocycles. The predicted molar refractivity (Wildman–Crippen MR) is 105 cm³/mol. The molecule has 1 saturated carbocycles. The molecule has 3 aromatic rings. The maximum Gasteiger partial charge on any atom is 0.251 e. The SMILES string of the molecule is O=C(NC1CC1)c1ccc(CN(Cc2ccc(F)c(F)c2)Cc2ccco2)cc1. The molecular formula is C23H22F2N2O2. The third-order valence-electron chi connectivity index (χ3n) is 4.88. The van der Waals surface area contributed by atoms with E-state index < -0.39 is 11.6 Å². The minimum Gasteiger partial charge on any atom is -0.468 e. The van der Waals surface area contributed by atoms with Crippen LogP contribution in [0.4, 0.5) is 8.78 Å². The molecule has 0 aliphatic heterocycles. The summed E-state index contributed by atoms with van der Waals surface area (Å²) in [6, 6.07) is 15.4. The molecule has 0 radical (unpaired) electrons. The van der Waals surface area contributed by atoms with E-state index in [4.69, 9.17) is 4.42 Å². The van der Waals surface area contributed by atoms with Gasteiger partial charge in [0.05, 0.1) is 12.8 Å². The summed E-state index contributed by atoms with van der Waals surface area (Å²) in [5.74, 6) is -0.973. The van der Waals surface area contributed by atoms with Crippen LogP contribution in [0.3, 0.4) is 0 Å². The van der Waals surface area contributed by atoms with Crippen LogP contribution >= 0.6 is 0 Å². The lowest BCUT2D eigenvalue weighted by molar-refractivity contribution is 0.0951. The number of benzene rings is 2. The van der Waals surface area contributed by atoms with Gasteiger partial charge in [-0.3, -0.25) is 9.69 Å². The normalized spacial score (nSPS) is 13.6. The van der Waals surface area contributed by atoms with E-state index in [0.717, 1.165) is 30.2 Å². The summed E-state index contributed by atoms with van der Waals surface area (Å²) in [7, 11) is 0. The zero-order valence-electron chi connectivity index (χ0n) is 15.9. The van der Waals surface area contributed by atoms with Crippen molar-refractivity contribution in [3.05, 3.63) is 94.9 Å². The maximum absolute atomic E-state index is 13.6. The van der Waals surface area contributed by atoms with E-state index in [1.165, 1.54) is 6.07 Å².